The number of aromatic carboxylic acids is 1. The molecule has 0 aromatic carbocycles. The molecule has 3 aromatic rings. The molecule has 3 aromatic heterocycles. The van der Waals surface area contributed by atoms with Crippen LogP contribution in [0.2, 0.25) is 0 Å². The third kappa shape index (κ3) is 3.89. The Bertz CT molecular complexity index is 839. The van der Waals surface area contributed by atoms with E-state index in [0.717, 1.165) is 6.42 Å². The van der Waals surface area contributed by atoms with Crippen molar-refractivity contribution in [1.82, 2.24) is 19.9 Å². The molecule has 0 unspecified atom stereocenters. The molecule has 3 rings (SSSR count). The van der Waals surface area contributed by atoms with Crippen molar-refractivity contribution in [3.05, 3.63) is 66.2 Å². The summed E-state index contributed by atoms with van der Waals surface area (Å²) in [4.78, 5) is 27.8. The second-order valence-electron chi connectivity index (χ2n) is 5.03. The minimum atomic E-state index is -0.997. The van der Waals surface area contributed by atoms with Crippen molar-refractivity contribution in [2.75, 3.05) is 11.9 Å². The number of hydrogen-bond donors (Lipinski definition) is 2. The van der Waals surface area contributed by atoms with Crippen LogP contribution in [0.15, 0.2) is 55.1 Å². The Labute approximate surface area is 138 Å². The van der Waals surface area contributed by atoms with Gasteiger partial charge in [-0.1, -0.05) is 0 Å². The lowest BCUT2D eigenvalue weighted by Crippen LogP contribution is -2.08. The van der Waals surface area contributed by atoms with Crippen LogP contribution in [0.25, 0.3) is 11.4 Å². The highest BCUT2D eigenvalue weighted by molar-refractivity contribution is 5.88. The summed E-state index contributed by atoms with van der Waals surface area (Å²) >= 11 is 0. The van der Waals surface area contributed by atoms with Crippen LogP contribution in [0, 0.1) is 0 Å². The molecule has 0 aliphatic carbocycles. The van der Waals surface area contributed by atoms with Crippen molar-refractivity contribution >= 4 is 11.9 Å². The van der Waals surface area contributed by atoms with E-state index in [0.29, 0.717) is 23.9 Å². The Morgan fingerprint density at radius 2 is 1.79 bits per heavy atom. The molecule has 0 saturated carbocycles. The maximum atomic E-state index is 11.1. The number of anilines is 1. The smallest absolute Gasteiger partial charge is 0.335 e. The van der Waals surface area contributed by atoms with Gasteiger partial charge in [0.15, 0.2) is 0 Å². The summed E-state index contributed by atoms with van der Waals surface area (Å²) < 4.78 is 0. The van der Waals surface area contributed by atoms with E-state index in [1.165, 1.54) is 23.9 Å². The molecule has 0 bridgehead atoms. The second-order valence-corrected chi connectivity index (χ2v) is 5.03. The molecule has 3 heterocycles. The summed E-state index contributed by atoms with van der Waals surface area (Å²) in [5.41, 5.74) is 2.41. The summed E-state index contributed by atoms with van der Waals surface area (Å²) in [6, 6.07) is 8.55. The Morgan fingerprint density at radius 1 is 1.00 bits per heavy atom. The van der Waals surface area contributed by atoms with E-state index in [9.17, 15) is 4.79 Å². The third-order valence-corrected chi connectivity index (χ3v) is 3.37. The van der Waals surface area contributed by atoms with Crippen molar-refractivity contribution in [1.29, 1.82) is 0 Å². The van der Waals surface area contributed by atoms with Crippen LogP contribution in [0.1, 0.15) is 15.9 Å². The van der Waals surface area contributed by atoms with Crippen molar-refractivity contribution in [3.63, 3.8) is 0 Å². The van der Waals surface area contributed by atoms with Crippen LogP contribution in [-0.4, -0.2) is 37.6 Å². The molecule has 0 saturated heterocycles. The summed E-state index contributed by atoms with van der Waals surface area (Å²) in [5, 5.41) is 12.2. The van der Waals surface area contributed by atoms with E-state index in [1.54, 1.807) is 24.7 Å². The monoisotopic (exact) mass is 321 g/mol. The molecule has 0 radical (unpaired) electrons. The number of pyridine rings is 2. The van der Waals surface area contributed by atoms with Gasteiger partial charge in [-0.25, -0.2) is 14.8 Å². The average molecular weight is 321 g/mol. The first kappa shape index (κ1) is 15.5. The molecular weight excluding hydrogens is 306 g/mol. The van der Waals surface area contributed by atoms with E-state index in [1.807, 2.05) is 12.1 Å². The van der Waals surface area contributed by atoms with Gasteiger partial charge in [-0.2, -0.15) is 0 Å². The quantitative estimate of drug-likeness (QED) is 0.718. The number of nitrogens with one attached hydrogen (secondary N) is 1. The topological polar surface area (TPSA) is 101 Å². The number of hydrogen-bond acceptors (Lipinski definition) is 6. The third-order valence-electron chi connectivity index (χ3n) is 3.37. The highest BCUT2D eigenvalue weighted by Gasteiger charge is 2.08. The number of aromatic nitrogens is 4. The molecule has 7 heteroatoms. The van der Waals surface area contributed by atoms with Crippen LogP contribution in [0.3, 0.4) is 0 Å². The van der Waals surface area contributed by atoms with Crippen LogP contribution < -0.4 is 5.32 Å². The minimum Gasteiger partial charge on any atom is -0.478 e. The first-order valence-electron chi connectivity index (χ1n) is 7.38. The van der Waals surface area contributed by atoms with Gasteiger partial charge in [-0.3, -0.25) is 9.97 Å². The van der Waals surface area contributed by atoms with Crippen LogP contribution >= 0.6 is 0 Å². The van der Waals surface area contributed by atoms with Crippen LogP contribution in [0.5, 0.6) is 0 Å². The Kier molecular flexibility index (Phi) is 4.71. The molecule has 24 heavy (non-hydrogen) atoms. The number of rotatable bonds is 6. The fourth-order valence-corrected chi connectivity index (χ4v) is 2.16. The van der Waals surface area contributed by atoms with Crippen LogP contribution in [0.4, 0.5) is 5.95 Å². The predicted octanol–water partition coefficient (Wildman–Crippen LogP) is 2.29. The number of carbonyl (C=O) groups is 1. The molecule has 0 aliphatic rings. The molecular formula is C17H15N5O2. The number of nitrogens with zero attached hydrogens (tertiary/aromatic N) is 4. The average Bonchev–Trinajstić information content (AvgIpc) is 2.63. The highest BCUT2D eigenvalue weighted by atomic mass is 16.4. The van der Waals surface area contributed by atoms with Gasteiger partial charge in [-0.05, 0) is 42.3 Å². The standard InChI is InChI=1S/C17H15N5O2/c23-16(24)13-4-9-19-15(11-13)14-5-10-21-17(22-14)20-8-3-12-1-6-18-7-2-12/h1-2,4-7,9-11H,3,8H2,(H,23,24)(H,20,21,22). The van der Waals surface area contributed by atoms with Gasteiger partial charge in [-0.15, -0.1) is 0 Å². The first-order valence-corrected chi connectivity index (χ1v) is 7.38. The minimum absolute atomic E-state index is 0.172. The Morgan fingerprint density at radius 3 is 2.58 bits per heavy atom. The van der Waals surface area contributed by atoms with E-state index in [2.05, 4.69) is 25.3 Å². The number of carboxylic acids is 1. The molecule has 2 N–H and O–H groups in total. The molecule has 0 fully saturated rings. The molecule has 0 spiro atoms. The maximum absolute atomic E-state index is 11.1. The van der Waals surface area contributed by atoms with Crippen molar-refractivity contribution in [2.24, 2.45) is 0 Å². The van der Waals surface area contributed by atoms with E-state index in [-0.39, 0.29) is 5.56 Å². The van der Waals surface area contributed by atoms with E-state index < -0.39 is 5.97 Å². The fourth-order valence-electron chi connectivity index (χ4n) is 2.16. The van der Waals surface area contributed by atoms with E-state index in [4.69, 9.17) is 5.11 Å². The van der Waals surface area contributed by atoms with E-state index >= 15 is 0 Å². The predicted molar refractivity (Wildman–Crippen MR) is 88.7 cm³/mol. The Balaban J connectivity index is 1.70. The Hall–Kier alpha value is -3.35. The van der Waals surface area contributed by atoms with Gasteiger partial charge in [0.2, 0.25) is 5.95 Å². The lowest BCUT2D eigenvalue weighted by atomic mass is 10.2. The highest BCUT2D eigenvalue weighted by Crippen LogP contribution is 2.16. The van der Waals surface area contributed by atoms with Gasteiger partial charge in [0.05, 0.1) is 17.0 Å². The summed E-state index contributed by atoms with van der Waals surface area (Å²) in [5.74, 6) is -0.521. The largest absolute Gasteiger partial charge is 0.478 e. The van der Waals surface area contributed by atoms with Gasteiger partial charge in [0.25, 0.3) is 0 Å². The molecule has 0 aliphatic heterocycles. The molecule has 0 atom stereocenters. The lowest BCUT2D eigenvalue weighted by molar-refractivity contribution is 0.0697. The SMILES string of the molecule is O=C(O)c1ccnc(-c2ccnc(NCCc3ccncc3)n2)c1. The summed E-state index contributed by atoms with van der Waals surface area (Å²) in [6.45, 7) is 0.677. The van der Waals surface area contributed by atoms with Gasteiger partial charge in [0.1, 0.15) is 0 Å². The fraction of sp³-hybridized carbons (Fsp3) is 0.118. The van der Waals surface area contributed by atoms with Gasteiger partial charge in [0, 0.05) is 31.3 Å². The normalized spacial score (nSPS) is 10.3. The van der Waals surface area contributed by atoms with Crippen molar-refractivity contribution in [3.8, 4) is 11.4 Å². The lowest BCUT2D eigenvalue weighted by Gasteiger charge is -2.06. The van der Waals surface area contributed by atoms with Crippen molar-refractivity contribution in [2.45, 2.75) is 6.42 Å². The van der Waals surface area contributed by atoms with Gasteiger partial charge < -0.3 is 10.4 Å². The second kappa shape index (κ2) is 7.28. The molecule has 120 valence electrons. The van der Waals surface area contributed by atoms with Crippen LogP contribution in [-0.2, 0) is 6.42 Å². The zero-order chi connectivity index (χ0) is 16.8. The zero-order valence-electron chi connectivity index (χ0n) is 12.8. The number of carboxylic acid groups (broad SMARTS) is 1. The van der Waals surface area contributed by atoms with Gasteiger partial charge >= 0.3 is 5.97 Å². The summed E-state index contributed by atoms with van der Waals surface area (Å²) in [7, 11) is 0. The molecule has 7 nitrogen and oxygen atoms in total. The maximum Gasteiger partial charge on any atom is 0.335 e. The molecule has 0 amide bonds. The zero-order valence-corrected chi connectivity index (χ0v) is 12.8. The van der Waals surface area contributed by atoms with Crippen molar-refractivity contribution < 1.29 is 9.90 Å². The summed E-state index contributed by atoms with van der Waals surface area (Å²) in [6.07, 6.45) is 7.41. The first-order chi connectivity index (χ1) is 11.7.